The Morgan fingerprint density at radius 1 is 1.38 bits per heavy atom. The van der Waals surface area contributed by atoms with Crippen molar-refractivity contribution in [2.45, 2.75) is 44.0 Å². The molecule has 7 heteroatoms. The number of carbonyl (C=O) groups is 1. The molecule has 0 spiro atoms. The number of halogens is 1. The second kappa shape index (κ2) is 5.94. The van der Waals surface area contributed by atoms with Gasteiger partial charge in [0.25, 0.3) is 5.91 Å². The van der Waals surface area contributed by atoms with E-state index in [1.807, 2.05) is 6.92 Å². The fourth-order valence-electron chi connectivity index (χ4n) is 2.63. The molecule has 0 aromatic heterocycles. The molecule has 2 rings (SSSR count). The minimum absolute atomic E-state index is 0.0701. The number of primary sulfonamides is 1. The summed E-state index contributed by atoms with van der Waals surface area (Å²) >= 11 is 5.98. The van der Waals surface area contributed by atoms with E-state index in [2.05, 4.69) is 0 Å². The van der Waals surface area contributed by atoms with Crippen LogP contribution in [0.2, 0.25) is 5.02 Å². The minimum atomic E-state index is -3.96. The van der Waals surface area contributed by atoms with Gasteiger partial charge in [-0.05, 0) is 50.8 Å². The highest BCUT2D eigenvalue weighted by atomic mass is 35.5. The van der Waals surface area contributed by atoms with E-state index in [0.717, 1.165) is 19.3 Å². The second-order valence-corrected chi connectivity index (χ2v) is 7.40. The average molecular weight is 331 g/mol. The van der Waals surface area contributed by atoms with Crippen molar-refractivity contribution in [2.75, 3.05) is 6.54 Å². The van der Waals surface area contributed by atoms with Crippen LogP contribution in [0.3, 0.4) is 0 Å². The van der Waals surface area contributed by atoms with Crippen molar-refractivity contribution >= 4 is 27.5 Å². The Morgan fingerprint density at radius 2 is 2.05 bits per heavy atom. The Morgan fingerprint density at radius 3 is 2.62 bits per heavy atom. The lowest BCUT2D eigenvalue weighted by atomic mass is 10.0. The Kier molecular flexibility index (Phi) is 4.60. The number of sulfonamides is 1. The van der Waals surface area contributed by atoms with E-state index in [1.165, 1.54) is 6.07 Å². The van der Waals surface area contributed by atoms with E-state index < -0.39 is 10.0 Å². The maximum absolute atomic E-state index is 12.6. The fraction of sp³-hybridized carbons (Fsp3) is 0.500. The van der Waals surface area contributed by atoms with Gasteiger partial charge in [-0.1, -0.05) is 11.6 Å². The van der Waals surface area contributed by atoms with E-state index >= 15 is 0 Å². The second-order valence-electron chi connectivity index (χ2n) is 5.49. The number of hydrogen-bond donors (Lipinski definition) is 1. The molecule has 5 nitrogen and oxygen atoms in total. The van der Waals surface area contributed by atoms with Gasteiger partial charge >= 0.3 is 0 Å². The molecule has 1 aromatic rings. The third-order valence-corrected chi connectivity index (χ3v) is 5.39. The van der Waals surface area contributed by atoms with Gasteiger partial charge in [0.05, 0.1) is 5.02 Å². The molecule has 116 valence electrons. The van der Waals surface area contributed by atoms with E-state index in [0.29, 0.717) is 17.7 Å². The summed E-state index contributed by atoms with van der Waals surface area (Å²) in [7, 11) is -3.96. The molecule has 21 heavy (non-hydrogen) atoms. The van der Waals surface area contributed by atoms with Crippen LogP contribution in [-0.2, 0) is 10.0 Å². The van der Waals surface area contributed by atoms with Crippen LogP contribution in [0.4, 0.5) is 0 Å². The molecule has 1 aromatic carbocycles. The van der Waals surface area contributed by atoms with Crippen LogP contribution in [0.25, 0.3) is 0 Å². The van der Waals surface area contributed by atoms with Gasteiger partial charge in [-0.3, -0.25) is 4.79 Å². The minimum Gasteiger partial charge on any atom is -0.336 e. The van der Waals surface area contributed by atoms with Gasteiger partial charge in [0.15, 0.2) is 0 Å². The number of carbonyl (C=O) groups excluding carboxylic acids is 1. The van der Waals surface area contributed by atoms with Crippen LogP contribution < -0.4 is 5.14 Å². The SMILES string of the molecule is Cc1cc(C(=O)N2CCCCC2C)cc(S(N)(=O)=O)c1Cl. The average Bonchev–Trinajstić information content (AvgIpc) is 2.40. The number of piperidine rings is 1. The number of nitrogens with two attached hydrogens (primary N) is 1. The molecule has 1 heterocycles. The van der Waals surface area contributed by atoms with Gasteiger partial charge in [0, 0.05) is 18.2 Å². The normalized spacial score (nSPS) is 19.6. The van der Waals surface area contributed by atoms with Gasteiger partial charge in [0.1, 0.15) is 4.90 Å². The van der Waals surface area contributed by atoms with Crippen molar-refractivity contribution < 1.29 is 13.2 Å². The van der Waals surface area contributed by atoms with E-state index in [1.54, 1.807) is 17.9 Å². The molecule has 1 fully saturated rings. The number of benzene rings is 1. The number of likely N-dealkylation sites (tertiary alicyclic amines) is 1. The zero-order chi connectivity index (χ0) is 15.8. The number of nitrogens with zero attached hydrogens (tertiary/aromatic N) is 1. The van der Waals surface area contributed by atoms with Crippen molar-refractivity contribution in [2.24, 2.45) is 5.14 Å². The molecule has 1 unspecified atom stereocenters. The summed E-state index contributed by atoms with van der Waals surface area (Å²) in [5.74, 6) is -0.174. The summed E-state index contributed by atoms with van der Waals surface area (Å²) in [6, 6.07) is 3.04. The third-order valence-electron chi connectivity index (χ3n) is 3.84. The predicted octanol–water partition coefficient (Wildman–Crippen LogP) is 2.31. The van der Waals surface area contributed by atoms with Crippen LogP contribution in [0.5, 0.6) is 0 Å². The summed E-state index contributed by atoms with van der Waals surface area (Å²) in [6.45, 7) is 4.35. The number of amides is 1. The molecule has 0 saturated carbocycles. The van der Waals surface area contributed by atoms with Crippen molar-refractivity contribution in [3.05, 3.63) is 28.3 Å². The smallest absolute Gasteiger partial charge is 0.254 e. The summed E-state index contributed by atoms with van der Waals surface area (Å²) < 4.78 is 23.2. The van der Waals surface area contributed by atoms with E-state index in [-0.39, 0.29) is 21.9 Å². The Balaban J connectivity index is 2.45. The third kappa shape index (κ3) is 3.39. The lowest BCUT2D eigenvalue weighted by Crippen LogP contribution is -2.42. The van der Waals surface area contributed by atoms with Crippen LogP contribution in [0.15, 0.2) is 17.0 Å². The molecule has 0 aliphatic carbocycles. The van der Waals surface area contributed by atoms with Crippen LogP contribution >= 0.6 is 11.6 Å². The molecule has 1 atom stereocenters. The summed E-state index contributed by atoms with van der Waals surface area (Å²) in [5.41, 5.74) is 0.839. The summed E-state index contributed by atoms with van der Waals surface area (Å²) in [6.07, 6.45) is 3.03. The van der Waals surface area contributed by atoms with E-state index in [4.69, 9.17) is 16.7 Å². The quantitative estimate of drug-likeness (QED) is 0.903. The molecule has 1 aliphatic rings. The van der Waals surface area contributed by atoms with Gasteiger partial charge in [-0.2, -0.15) is 0 Å². The highest BCUT2D eigenvalue weighted by molar-refractivity contribution is 7.89. The van der Waals surface area contributed by atoms with Gasteiger partial charge in [-0.15, -0.1) is 0 Å². The molecule has 1 aliphatic heterocycles. The Hall–Kier alpha value is -1.11. The number of hydrogen-bond acceptors (Lipinski definition) is 3. The molecular weight excluding hydrogens is 312 g/mol. The lowest BCUT2D eigenvalue weighted by molar-refractivity contribution is 0.0635. The maximum Gasteiger partial charge on any atom is 0.254 e. The lowest BCUT2D eigenvalue weighted by Gasteiger charge is -2.33. The first-order chi connectivity index (χ1) is 9.71. The monoisotopic (exact) mass is 330 g/mol. The zero-order valence-electron chi connectivity index (χ0n) is 12.1. The van der Waals surface area contributed by atoms with Crippen LogP contribution in [-0.4, -0.2) is 31.8 Å². The highest BCUT2D eigenvalue weighted by Crippen LogP contribution is 2.27. The Labute approximate surface area is 130 Å². The molecule has 1 amide bonds. The zero-order valence-corrected chi connectivity index (χ0v) is 13.7. The first kappa shape index (κ1) is 16.3. The molecule has 0 radical (unpaired) electrons. The van der Waals surface area contributed by atoms with Gasteiger partial charge < -0.3 is 4.90 Å². The van der Waals surface area contributed by atoms with E-state index in [9.17, 15) is 13.2 Å². The van der Waals surface area contributed by atoms with Crippen molar-refractivity contribution in [1.29, 1.82) is 0 Å². The first-order valence-electron chi connectivity index (χ1n) is 6.85. The molecule has 0 bridgehead atoms. The van der Waals surface area contributed by atoms with Crippen molar-refractivity contribution in [3.63, 3.8) is 0 Å². The molecular formula is C14H19ClN2O3S. The van der Waals surface area contributed by atoms with Crippen LogP contribution in [0, 0.1) is 6.92 Å². The Bertz CT molecular complexity index is 673. The summed E-state index contributed by atoms with van der Waals surface area (Å²) in [4.78, 5) is 14.2. The van der Waals surface area contributed by atoms with Crippen LogP contribution in [0.1, 0.15) is 42.1 Å². The van der Waals surface area contributed by atoms with Gasteiger partial charge in [0.2, 0.25) is 10.0 Å². The summed E-state index contributed by atoms with van der Waals surface area (Å²) in [5, 5.41) is 5.23. The maximum atomic E-state index is 12.6. The van der Waals surface area contributed by atoms with Crippen molar-refractivity contribution in [3.8, 4) is 0 Å². The molecule has 2 N–H and O–H groups in total. The first-order valence-corrected chi connectivity index (χ1v) is 8.78. The molecule has 1 saturated heterocycles. The largest absolute Gasteiger partial charge is 0.336 e. The topological polar surface area (TPSA) is 80.5 Å². The van der Waals surface area contributed by atoms with Crippen molar-refractivity contribution in [1.82, 2.24) is 4.90 Å². The number of rotatable bonds is 2. The van der Waals surface area contributed by atoms with Gasteiger partial charge in [-0.25, -0.2) is 13.6 Å². The predicted molar refractivity (Wildman–Crippen MR) is 81.9 cm³/mol. The fourth-order valence-corrected chi connectivity index (χ4v) is 3.77. The number of aryl methyl sites for hydroxylation is 1. The standard InChI is InChI=1S/C14H19ClN2O3S/c1-9-7-11(8-12(13(9)15)21(16,19)20)14(18)17-6-4-3-5-10(17)2/h7-8,10H,3-6H2,1-2H3,(H2,16,19,20). The highest BCUT2D eigenvalue weighted by Gasteiger charge is 2.26.